The zero-order valence-corrected chi connectivity index (χ0v) is 17.3. The largest absolute Gasteiger partial charge is 0.545 e. The van der Waals surface area contributed by atoms with Crippen LogP contribution in [0.15, 0.2) is 77.7 Å². The molecule has 8 nitrogen and oxygen atoms in total. The van der Waals surface area contributed by atoms with Gasteiger partial charge in [0.1, 0.15) is 5.75 Å². The third kappa shape index (κ3) is 5.40. The SMILES string of the molecule is CCOc1ccc(NS(=O)(=O)c2ccc(NC(=O)c3ccccc3C(=O)[O-])cc2)cc1. The van der Waals surface area contributed by atoms with E-state index in [-0.39, 0.29) is 16.0 Å². The van der Waals surface area contributed by atoms with Crippen LogP contribution in [0.4, 0.5) is 11.4 Å². The lowest BCUT2D eigenvalue weighted by Crippen LogP contribution is -2.26. The third-order valence-electron chi connectivity index (χ3n) is 4.23. The summed E-state index contributed by atoms with van der Waals surface area (Å²) in [7, 11) is -3.84. The molecule has 0 saturated heterocycles. The van der Waals surface area contributed by atoms with Gasteiger partial charge in [-0.1, -0.05) is 18.2 Å². The number of sulfonamides is 1. The van der Waals surface area contributed by atoms with E-state index in [4.69, 9.17) is 4.74 Å². The number of anilines is 2. The van der Waals surface area contributed by atoms with Crippen LogP contribution in [0.2, 0.25) is 0 Å². The molecule has 0 spiro atoms. The number of carbonyl (C=O) groups is 2. The minimum Gasteiger partial charge on any atom is -0.545 e. The Hall–Kier alpha value is -3.85. The lowest BCUT2D eigenvalue weighted by molar-refractivity contribution is -0.255. The van der Waals surface area contributed by atoms with Gasteiger partial charge in [0.2, 0.25) is 0 Å². The topological polar surface area (TPSA) is 125 Å². The summed E-state index contributed by atoms with van der Waals surface area (Å²) in [4.78, 5) is 23.6. The molecule has 1 amide bonds. The highest BCUT2D eigenvalue weighted by Crippen LogP contribution is 2.21. The van der Waals surface area contributed by atoms with Crippen LogP contribution < -0.4 is 19.9 Å². The Morgan fingerprint density at radius 3 is 2.03 bits per heavy atom. The lowest BCUT2D eigenvalue weighted by Gasteiger charge is -2.12. The fraction of sp³-hybridized carbons (Fsp3) is 0.0909. The first kappa shape index (κ1) is 21.8. The van der Waals surface area contributed by atoms with Crippen LogP contribution in [-0.4, -0.2) is 26.9 Å². The molecule has 0 aliphatic carbocycles. The molecule has 0 aliphatic rings. The van der Waals surface area contributed by atoms with Gasteiger partial charge in [-0.15, -0.1) is 0 Å². The highest BCUT2D eigenvalue weighted by atomic mass is 32.2. The molecule has 0 atom stereocenters. The first-order valence-corrected chi connectivity index (χ1v) is 10.8. The van der Waals surface area contributed by atoms with Gasteiger partial charge in [0, 0.05) is 22.5 Å². The van der Waals surface area contributed by atoms with Gasteiger partial charge in [0.15, 0.2) is 0 Å². The molecule has 0 heterocycles. The summed E-state index contributed by atoms with van der Waals surface area (Å²) >= 11 is 0. The van der Waals surface area contributed by atoms with E-state index < -0.39 is 21.9 Å². The number of amides is 1. The van der Waals surface area contributed by atoms with Crippen molar-refractivity contribution in [2.45, 2.75) is 11.8 Å². The van der Waals surface area contributed by atoms with Gasteiger partial charge in [0.25, 0.3) is 15.9 Å². The molecule has 0 fully saturated rings. The lowest BCUT2D eigenvalue weighted by atomic mass is 10.1. The minimum atomic E-state index is -3.84. The smallest absolute Gasteiger partial charge is 0.261 e. The van der Waals surface area contributed by atoms with E-state index in [1.54, 1.807) is 24.3 Å². The third-order valence-corrected chi connectivity index (χ3v) is 5.63. The number of carbonyl (C=O) groups excluding carboxylic acids is 2. The first-order chi connectivity index (χ1) is 14.8. The van der Waals surface area contributed by atoms with Crippen LogP contribution in [0.3, 0.4) is 0 Å². The van der Waals surface area contributed by atoms with E-state index in [1.807, 2.05) is 6.92 Å². The summed E-state index contributed by atoms with van der Waals surface area (Å²) in [6.45, 7) is 2.36. The molecule has 3 aromatic rings. The van der Waals surface area contributed by atoms with Crippen LogP contribution >= 0.6 is 0 Å². The molecule has 0 radical (unpaired) electrons. The number of rotatable bonds is 8. The summed E-state index contributed by atoms with van der Waals surface area (Å²) in [5, 5.41) is 13.7. The Morgan fingerprint density at radius 1 is 0.871 bits per heavy atom. The first-order valence-electron chi connectivity index (χ1n) is 9.27. The number of ether oxygens (including phenoxy) is 1. The number of nitrogens with one attached hydrogen (secondary N) is 2. The fourth-order valence-corrected chi connectivity index (χ4v) is 3.83. The Balaban J connectivity index is 1.72. The average molecular weight is 439 g/mol. The van der Waals surface area contributed by atoms with Gasteiger partial charge in [-0.2, -0.15) is 0 Å². The van der Waals surface area contributed by atoms with Crippen LogP contribution in [0.5, 0.6) is 5.75 Å². The predicted molar refractivity (Wildman–Crippen MR) is 114 cm³/mol. The zero-order valence-electron chi connectivity index (χ0n) is 16.5. The maximum absolute atomic E-state index is 12.6. The summed E-state index contributed by atoms with van der Waals surface area (Å²) in [5.74, 6) is -1.48. The minimum absolute atomic E-state index is 0.00507. The normalized spacial score (nSPS) is 10.9. The average Bonchev–Trinajstić information content (AvgIpc) is 2.75. The summed E-state index contributed by atoms with van der Waals surface area (Å²) < 4.78 is 33.0. The molecule has 9 heteroatoms. The van der Waals surface area contributed by atoms with Gasteiger partial charge < -0.3 is 20.0 Å². The second-order valence-corrected chi connectivity index (χ2v) is 8.06. The van der Waals surface area contributed by atoms with E-state index >= 15 is 0 Å². The van der Waals surface area contributed by atoms with Crippen molar-refractivity contribution in [1.29, 1.82) is 0 Å². The molecule has 0 bridgehead atoms. The highest BCUT2D eigenvalue weighted by molar-refractivity contribution is 7.92. The van der Waals surface area contributed by atoms with E-state index in [0.717, 1.165) is 0 Å². The van der Waals surface area contributed by atoms with Crippen molar-refractivity contribution in [3.8, 4) is 5.75 Å². The fourth-order valence-electron chi connectivity index (χ4n) is 2.77. The van der Waals surface area contributed by atoms with Gasteiger partial charge in [-0.05, 0) is 61.5 Å². The van der Waals surface area contributed by atoms with Crippen LogP contribution in [0, 0.1) is 0 Å². The Bertz CT molecular complexity index is 1190. The molecular weight excluding hydrogens is 420 g/mol. The van der Waals surface area contributed by atoms with Crippen molar-refractivity contribution in [3.05, 3.63) is 83.9 Å². The van der Waals surface area contributed by atoms with Crippen molar-refractivity contribution in [3.63, 3.8) is 0 Å². The molecule has 0 aromatic heterocycles. The Morgan fingerprint density at radius 2 is 1.45 bits per heavy atom. The standard InChI is InChI=1S/C22H20N2O6S/c1-2-30-17-11-7-16(8-12-17)24-31(28,29)18-13-9-15(10-14-18)23-21(25)19-5-3-4-6-20(19)22(26)27/h3-14,24H,2H2,1H3,(H,23,25)(H,26,27)/p-1. The van der Waals surface area contributed by atoms with Crippen molar-refractivity contribution in [2.24, 2.45) is 0 Å². The molecule has 0 aliphatic heterocycles. The number of benzene rings is 3. The number of hydrogen-bond donors (Lipinski definition) is 2. The highest BCUT2D eigenvalue weighted by Gasteiger charge is 2.16. The van der Waals surface area contributed by atoms with E-state index in [2.05, 4.69) is 10.0 Å². The molecule has 2 N–H and O–H groups in total. The molecule has 160 valence electrons. The van der Waals surface area contributed by atoms with Crippen LogP contribution in [-0.2, 0) is 10.0 Å². The van der Waals surface area contributed by atoms with Crippen molar-refractivity contribution >= 4 is 33.3 Å². The number of carboxylic acids is 1. The van der Waals surface area contributed by atoms with Crippen LogP contribution in [0.25, 0.3) is 0 Å². The number of carboxylic acid groups (broad SMARTS) is 1. The van der Waals surface area contributed by atoms with Gasteiger partial charge in [0.05, 0.1) is 17.5 Å². The summed E-state index contributed by atoms with van der Waals surface area (Å²) in [6, 6.07) is 17.6. The van der Waals surface area contributed by atoms with E-state index in [1.165, 1.54) is 48.5 Å². The summed E-state index contributed by atoms with van der Waals surface area (Å²) in [5.41, 5.74) is 0.382. The predicted octanol–water partition coefficient (Wildman–Crippen LogP) is 2.50. The molecule has 0 saturated carbocycles. The second-order valence-electron chi connectivity index (χ2n) is 6.37. The Kier molecular flexibility index (Phi) is 6.56. The maximum Gasteiger partial charge on any atom is 0.261 e. The Labute approximate surface area is 179 Å². The van der Waals surface area contributed by atoms with Crippen LogP contribution in [0.1, 0.15) is 27.6 Å². The molecule has 0 unspecified atom stereocenters. The quantitative estimate of drug-likeness (QED) is 0.556. The molecular formula is C22H19N2O6S-. The number of aromatic carboxylic acids is 1. The van der Waals surface area contributed by atoms with Gasteiger partial charge in [-0.25, -0.2) is 8.42 Å². The molecule has 3 rings (SSSR count). The van der Waals surface area contributed by atoms with E-state index in [0.29, 0.717) is 23.7 Å². The second kappa shape index (κ2) is 9.31. The van der Waals surface area contributed by atoms with Gasteiger partial charge in [-0.3, -0.25) is 9.52 Å². The van der Waals surface area contributed by atoms with Crippen molar-refractivity contribution in [2.75, 3.05) is 16.6 Å². The van der Waals surface area contributed by atoms with Gasteiger partial charge >= 0.3 is 0 Å². The van der Waals surface area contributed by atoms with Crippen molar-refractivity contribution in [1.82, 2.24) is 0 Å². The molecule has 3 aromatic carbocycles. The summed E-state index contributed by atoms with van der Waals surface area (Å²) in [6.07, 6.45) is 0. The number of hydrogen-bond acceptors (Lipinski definition) is 6. The van der Waals surface area contributed by atoms with E-state index in [9.17, 15) is 23.1 Å². The monoisotopic (exact) mass is 439 g/mol. The maximum atomic E-state index is 12.6. The zero-order chi connectivity index (χ0) is 22.4. The molecule has 31 heavy (non-hydrogen) atoms. The van der Waals surface area contributed by atoms with Crippen molar-refractivity contribution < 1.29 is 27.9 Å².